The van der Waals surface area contributed by atoms with Crippen LogP contribution in [0.15, 0.2) is 40.3 Å². The Morgan fingerprint density at radius 1 is 1.17 bits per heavy atom. The fourth-order valence-corrected chi connectivity index (χ4v) is 2.48. The summed E-state index contributed by atoms with van der Waals surface area (Å²) in [5.41, 5.74) is 0.969. The number of phenols is 1. The van der Waals surface area contributed by atoms with E-state index in [-0.39, 0.29) is 5.75 Å². The molecule has 0 unspecified atom stereocenters. The molecule has 0 aliphatic heterocycles. The molecule has 0 amide bonds. The average Bonchev–Trinajstić information content (AvgIpc) is 2.28. The van der Waals surface area contributed by atoms with Gasteiger partial charge in [0.25, 0.3) is 0 Å². The van der Waals surface area contributed by atoms with Crippen molar-refractivity contribution in [3.8, 4) is 5.75 Å². The van der Waals surface area contributed by atoms with E-state index in [9.17, 15) is 5.11 Å². The summed E-state index contributed by atoms with van der Waals surface area (Å²) >= 11 is 1.54. The fourth-order valence-electron chi connectivity index (χ4n) is 1.54. The number of aromatic nitrogens is 2. The van der Waals surface area contributed by atoms with Crippen molar-refractivity contribution in [2.45, 2.75) is 36.6 Å². The van der Waals surface area contributed by atoms with Crippen LogP contribution in [0.3, 0.4) is 0 Å². The Balaban J connectivity index is 2.29. The smallest absolute Gasteiger partial charge is 0.132 e. The van der Waals surface area contributed by atoms with Gasteiger partial charge in [-0.15, -0.1) is 0 Å². The van der Waals surface area contributed by atoms with E-state index >= 15 is 0 Å². The standard InChI is InChI=1S/C14H16N2OS/c1-9(2)14-15-10(3)7-13(16-14)18-12-6-4-5-11(17)8-12/h4-9,17H,1-3H3. The van der Waals surface area contributed by atoms with Gasteiger partial charge in [-0.3, -0.25) is 0 Å². The van der Waals surface area contributed by atoms with Gasteiger partial charge in [0.15, 0.2) is 0 Å². The second-order valence-corrected chi connectivity index (χ2v) is 5.55. The molecule has 2 aromatic rings. The zero-order valence-electron chi connectivity index (χ0n) is 10.7. The molecule has 2 rings (SSSR count). The molecule has 1 heterocycles. The molecule has 0 atom stereocenters. The molecule has 0 saturated carbocycles. The Kier molecular flexibility index (Phi) is 3.87. The van der Waals surface area contributed by atoms with Crippen molar-refractivity contribution in [3.63, 3.8) is 0 Å². The lowest BCUT2D eigenvalue weighted by Gasteiger charge is -2.08. The van der Waals surface area contributed by atoms with Gasteiger partial charge in [0.1, 0.15) is 16.6 Å². The summed E-state index contributed by atoms with van der Waals surface area (Å²) in [5.74, 6) is 1.45. The van der Waals surface area contributed by atoms with Crippen molar-refractivity contribution in [2.24, 2.45) is 0 Å². The Bertz CT molecular complexity index is 555. The molecule has 0 saturated heterocycles. The summed E-state index contributed by atoms with van der Waals surface area (Å²) < 4.78 is 0. The minimum absolute atomic E-state index is 0.273. The molecule has 1 aromatic carbocycles. The highest BCUT2D eigenvalue weighted by molar-refractivity contribution is 7.99. The lowest BCUT2D eigenvalue weighted by molar-refractivity contribution is 0.474. The van der Waals surface area contributed by atoms with Crippen LogP contribution in [0, 0.1) is 6.92 Å². The van der Waals surface area contributed by atoms with Gasteiger partial charge in [-0.1, -0.05) is 31.7 Å². The highest BCUT2D eigenvalue weighted by atomic mass is 32.2. The minimum atomic E-state index is 0.273. The first-order valence-corrected chi connectivity index (χ1v) is 6.68. The average molecular weight is 260 g/mol. The van der Waals surface area contributed by atoms with Crippen LogP contribution < -0.4 is 0 Å². The van der Waals surface area contributed by atoms with Crippen LogP contribution in [-0.4, -0.2) is 15.1 Å². The molecule has 0 bridgehead atoms. The molecule has 0 aliphatic rings. The summed E-state index contributed by atoms with van der Waals surface area (Å²) in [5, 5.41) is 10.4. The zero-order chi connectivity index (χ0) is 13.1. The second-order valence-electron chi connectivity index (χ2n) is 4.46. The molecule has 94 valence electrons. The largest absolute Gasteiger partial charge is 0.508 e. The quantitative estimate of drug-likeness (QED) is 0.853. The number of hydrogen-bond donors (Lipinski definition) is 1. The predicted molar refractivity (Wildman–Crippen MR) is 73.1 cm³/mol. The number of hydrogen-bond acceptors (Lipinski definition) is 4. The summed E-state index contributed by atoms with van der Waals surface area (Å²) in [4.78, 5) is 9.92. The summed E-state index contributed by atoms with van der Waals surface area (Å²) in [7, 11) is 0. The predicted octanol–water partition coefficient (Wildman–Crippen LogP) is 3.77. The molecule has 1 aromatic heterocycles. The number of aryl methyl sites for hydroxylation is 1. The Morgan fingerprint density at radius 2 is 1.94 bits per heavy atom. The molecule has 0 fully saturated rings. The number of rotatable bonds is 3. The number of aromatic hydroxyl groups is 1. The third kappa shape index (κ3) is 3.23. The van der Waals surface area contributed by atoms with Crippen LogP contribution in [0.2, 0.25) is 0 Å². The number of benzene rings is 1. The molecular weight excluding hydrogens is 244 g/mol. The lowest BCUT2D eigenvalue weighted by Crippen LogP contribution is -2.00. The van der Waals surface area contributed by atoms with Crippen LogP contribution >= 0.6 is 11.8 Å². The maximum atomic E-state index is 9.44. The van der Waals surface area contributed by atoms with Crippen LogP contribution in [0.25, 0.3) is 0 Å². The Morgan fingerprint density at radius 3 is 2.61 bits per heavy atom. The van der Waals surface area contributed by atoms with Gasteiger partial charge >= 0.3 is 0 Å². The van der Waals surface area contributed by atoms with Crippen molar-refractivity contribution >= 4 is 11.8 Å². The van der Waals surface area contributed by atoms with Crippen LogP contribution in [0.4, 0.5) is 0 Å². The second kappa shape index (κ2) is 5.40. The van der Waals surface area contributed by atoms with Crippen molar-refractivity contribution in [3.05, 3.63) is 41.9 Å². The first-order chi connectivity index (χ1) is 8.54. The first kappa shape index (κ1) is 12.9. The molecule has 4 heteroatoms. The number of nitrogens with zero attached hydrogens (tertiary/aromatic N) is 2. The first-order valence-electron chi connectivity index (χ1n) is 5.87. The van der Waals surface area contributed by atoms with Crippen LogP contribution in [-0.2, 0) is 0 Å². The van der Waals surface area contributed by atoms with E-state index in [2.05, 4.69) is 23.8 Å². The Hall–Kier alpha value is -1.55. The van der Waals surface area contributed by atoms with E-state index in [1.807, 2.05) is 25.1 Å². The van der Waals surface area contributed by atoms with Crippen LogP contribution in [0.1, 0.15) is 31.3 Å². The molecule has 3 nitrogen and oxygen atoms in total. The summed E-state index contributed by atoms with van der Waals surface area (Å²) in [6, 6.07) is 9.14. The minimum Gasteiger partial charge on any atom is -0.508 e. The third-order valence-corrected chi connectivity index (χ3v) is 3.31. The van der Waals surface area contributed by atoms with E-state index in [4.69, 9.17) is 0 Å². The highest BCUT2D eigenvalue weighted by Gasteiger charge is 2.07. The molecule has 0 radical (unpaired) electrons. The van der Waals surface area contributed by atoms with Gasteiger partial charge in [0.05, 0.1) is 0 Å². The van der Waals surface area contributed by atoms with E-state index < -0.39 is 0 Å². The van der Waals surface area contributed by atoms with Gasteiger partial charge in [-0.05, 0) is 31.2 Å². The summed E-state index contributed by atoms with van der Waals surface area (Å²) in [6.45, 7) is 6.13. The van der Waals surface area contributed by atoms with E-state index in [0.29, 0.717) is 5.92 Å². The zero-order valence-corrected chi connectivity index (χ0v) is 11.5. The maximum Gasteiger partial charge on any atom is 0.132 e. The van der Waals surface area contributed by atoms with Gasteiger partial charge in [0, 0.05) is 16.5 Å². The number of phenolic OH excluding ortho intramolecular Hbond substituents is 1. The molecular formula is C14H16N2OS. The lowest BCUT2D eigenvalue weighted by atomic mass is 10.2. The molecule has 1 N–H and O–H groups in total. The SMILES string of the molecule is Cc1cc(Sc2cccc(O)c2)nc(C(C)C)n1. The monoisotopic (exact) mass is 260 g/mol. The van der Waals surface area contributed by atoms with Crippen molar-refractivity contribution in [2.75, 3.05) is 0 Å². The summed E-state index contributed by atoms with van der Waals surface area (Å²) in [6.07, 6.45) is 0. The van der Waals surface area contributed by atoms with Gasteiger partial charge in [0.2, 0.25) is 0 Å². The van der Waals surface area contributed by atoms with Crippen molar-refractivity contribution in [1.82, 2.24) is 9.97 Å². The van der Waals surface area contributed by atoms with E-state index in [1.165, 1.54) is 11.8 Å². The highest BCUT2D eigenvalue weighted by Crippen LogP contribution is 2.29. The maximum absolute atomic E-state index is 9.44. The van der Waals surface area contributed by atoms with Crippen LogP contribution in [0.5, 0.6) is 5.75 Å². The Labute approximate surface area is 111 Å². The molecule has 0 aliphatic carbocycles. The third-order valence-electron chi connectivity index (χ3n) is 2.40. The van der Waals surface area contributed by atoms with Gasteiger partial charge in [-0.25, -0.2) is 9.97 Å². The molecule has 0 spiro atoms. The van der Waals surface area contributed by atoms with Crippen molar-refractivity contribution in [1.29, 1.82) is 0 Å². The van der Waals surface area contributed by atoms with E-state index in [0.717, 1.165) is 21.4 Å². The fraction of sp³-hybridized carbons (Fsp3) is 0.286. The topological polar surface area (TPSA) is 46.0 Å². The van der Waals surface area contributed by atoms with Gasteiger partial charge in [-0.2, -0.15) is 0 Å². The van der Waals surface area contributed by atoms with E-state index in [1.54, 1.807) is 12.1 Å². The normalized spacial score (nSPS) is 10.9. The van der Waals surface area contributed by atoms with Crippen molar-refractivity contribution < 1.29 is 5.11 Å². The molecule has 18 heavy (non-hydrogen) atoms. The van der Waals surface area contributed by atoms with Gasteiger partial charge < -0.3 is 5.11 Å².